The second-order valence-corrected chi connectivity index (χ2v) is 5.25. The molecule has 7 heteroatoms. The minimum atomic E-state index is -0.278. The number of fused-ring (bicyclic) bond motifs is 1. The molecule has 3 rings (SSSR count). The molecule has 0 radical (unpaired) electrons. The normalized spacial score (nSPS) is 14.3. The van der Waals surface area contributed by atoms with Crippen LogP contribution < -0.4 is 20.5 Å². The summed E-state index contributed by atoms with van der Waals surface area (Å²) in [7, 11) is 0. The summed E-state index contributed by atoms with van der Waals surface area (Å²) in [5.41, 5.74) is 0.946. The molecule has 112 valence electrons. The second kappa shape index (κ2) is 6.01. The first-order valence-corrected chi connectivity index (χ1v) is 6.93. The molecular formula is C14H18N4O3. The molecule has 0 fully saturated rings. The Kier molecular flexibility index (Phi) is 3.92. The van der Waals surface area contributed by atoms with Crippen LogP contribution in [0.15, 0.2) is 23.0 Å². The Bertz CT molecular complexity index is 664. The predicted molar refractivity (Wildman–Crippen MR) is 76.3 cm³/mol. The van der Waals surface area contributed by atoms with Gasteiger partial charge in [0.15, 0.2) is 11.5 Å². The fourth-order valence-corrected chi connectivity index (χ4v) is 2.37. The highest BCUT2D eigenvalue weighted by Crippen LogP contribution is 2.33. The van der Waals surface area contributed by atoms with Crippen molar-refractivity contribution in [2.75, 3.05) is 13.3 Å². The lowest BCUT2D eigenvalue weighted by Crippen LogP contribution is -2.22. The number of benzene rings is 1. The van der Waals surface area contributed by atoms with E-state index < -0.39 is 0 Å². The molecule has 1 atom stereocenters. The number of hydrogen-bond donors (Lipinski definition) is 3. The van der Waals surface area contributed by atoms with Gasteiger partial charge in [0.25, 0.3) is 0 Å². The maximum atomic E-state index is 10.9. The van der Waals surface area contributed by atoms with Gasteiger partial charge < -0.3 is 14.8 Å². The molecule has 1 aliphatic heterocycles. The highest BCUT2D eigenvalue weighted by molar-refractivity contribution is 5.44. The number of aromatic amines is 2. The molecule has 1 aromatic heterocycles. The highest BCUT2D eigenvalue weighted by atomic mass is 16.7. The summed E-state index contributed by atoms with van der Waals surface area (Å²) in [5.74, 6) is 2.71. The van der Waals surface area contributed by atoms with Gasteiger partial charge in [-0.25, -0.2) is 9.89 Å². The van der Waals surface area contributed by atoms with Crippen LogP contribution in [0.4, 0.5) is 0 Å². The van der Waals surface area contributed by atoms with Crippen molar-refractivity contribution in [3.8, 4) is 11.5 Å². The van der Waals surface area contributed by atoms with Gasteiger partial charge in [0.2, 0.25) is 6.79 Å². The van der Waals surface area contributed by atoms with Gasteiger partial charge in [-0.2, -0.15) is 5.10 Å². The molecule has 3 N–H and O–H groups in total. The second-order valence-electron chi connectivity index (χ2n) is 5.25. The van der Waals surface area contributed by atoms with Crippen molar-refractivity contribution in [1.82, 2.24) is 20.5 Å². The van der Waals surface area contributed by atoms with E-state index in [0.29, 0.717) is 25.1 Å². The van der Waals surface area contributed by atoms with Gasteiger partial charge in [-0.05, 0) is 36.6 Å². The number of nitrogens with zero attached hydrogens (tertiary/aromatic N) is 1. The Hall–Kier alpha value is -2.28. The third kappa shape index (κ3) is 3.43. The summed E-state index contributed by atoms with van der Waals surface area (Å²) < 4.78 is 10.7. The van der Waals surface area contributed by atoms with Gasteiger partial charge in [-0.1, -0.05) is 13.0 Å². The van der Waals surface area contributed by atoms with E-state index in [1.165, 1.54) is 5.56 Å². The highest BCUT2D eigenvalue weighted by Gasteiger charge is 2.14. The van der Waals surface area contributed by atoms with Gasteiger partial charge >= 0.3 is 5.69 Å². The lowest BCUT2D eigenvalue weighted by molar-refractivity contribution is 0.174. The zero-order chi connectivity index (χ0) is 14.7. The number of H-pyrrole nitrogens is 2. The molecule has 0 spiro atoms. The monoisotopic (exact) mass is 290 g/mol. The van der Waals surface area contributed by atoms with Crippen LogP contribution in [-0.4, -0.2) is 28.5 Å². The Morgan fingerprint density at radius 1 is 1.38 bits per heavy atom. The molecule has 0 saturated heterocycles. The fraction of sp³-hybridized carbons (Fsp3) is 0.429. The molecule has 1 aromatic carbocycles. The van der Waals surface area contributed by atoms with E-state index in [1.54, 1.807) is 0 Å². The van der Waals surface area contributed by atoms with Crippen LogP contribution in [0.5, 0.6) is 11.5 Å². The van der Waals surface area contributed by atoms with E-state index in [4.69, 9.17) is 9.47 Å². The van der Waals surface area contributed by atoms with Crippen LogP contribution in [0, 0.1) is 5.92 Å². The maximum Gasteiger partial charge on any atom is 0.340 e. The molecule has 1 unspecified atom stereocenters. The number of ether oxygens (including phenoxy) is 2. The largest absolute Gasteiger partial charge is 0.454 e. The quantitative estimate of drug-likeness (QED) is 0.731. The van der Waals surface area contributed by atoms with Crippen LogP contribution in [-0.2, 0) is 13.0 Å². The molecule has 2 aromatic rings. The van der Waals surface area contributed by atoms with Crippen molar-refractivity contribution in [1.29, 1.82) is 0 Å². The van der Waals surface area contributed by atoms with Crippen molar-refractivity contribution in [3.63, 3.8) is 0 Å². The van der Waals surface area contributed by atoms with Crippen molar-refractivity contribution in [2.45, 2.75) is 19.9 Å². The third-order valence-corrected chi connectivity index (χ3v) is 3.36. The molecule has 0 aliphatic carbocycles. The summed E-state index contributed by atoms with van der Waals surface area (Å²) >= 11 is 0. The first-order valence-electron chi connectivity index (χ1n) is 6.93. The Labute approximate surface area is 121 Å². The number of aromatic nitrogens is 3. The van der Waals surface area contributed by atoms with Gasteiger partial charge in [-0.15, -0.1) is 0 Å². The van der Waals surface area contributed by atoms with Gasteiger partial charge in [0, 0.05) is 0 Å². The molecule has 21 heavy (non-hydrogen) atoms. The smallest absolute Gasteiger partial charge is 0.340 e. The van der Waals surface area contributed by atoms with Crippen LogP contribution in [0.3, 0.4) is 0 Å². The first-order chi connectivity index (χ1) is 10.2. The zero-order valence-corrected chi connectivity index (χ0v) is 11.8. The van der Waals surface area contributed by atoms with Crippen molar-refractivity contribution in [3.05, 3.63) is 40.1 Å². The van der Waals surface area contributed by atoms with Gasteiger partial charge in [0.1, 0.15) is 5.82 Å². The number of rotatable bonds is 6. The zero-order valence-electron chi connectivity index (χ0n) is 11.8. The van der Waals surface area contributed by atoms with E-state index in [2.05, 4.69) is 33.5 Å². The summed E-state index contributed by atoms with van der Waals surface area (Å²) in [4.78, 5) is 13.5. The molecule has 1 aliphatic rings. The molecular weight excluding hydrogens is 272 g/mol. The van der Waals surface area contributed by atoms with Crippen LogP contribution in [0.25, 0.3) is 0 Å². The first kappa shape index (κ1) is 13.7. The standard InChI is InChI=1S/C14H18N4O3/c1-9(6-15-7-13-16-14(19)18-17-13)4-10-2-3-11-12(5-10)21-8-20-11/h2-3,5,9,15H,4,6-8H2,1H3,(H2,16,17,18,19). The molecule has 7 nitrogen and oxygen atoms in total. The lowest BCUT2D eigenvalue weighted by atomic mass is 10.0. The van der Waals surface area contributed by atoms with Gasteiger partial charge in [-0.3, -0.25) is 4.98 Å². The Balaban J connectivity index is 1.47. The minimum Gasteiger partial charge on any atom is -0.454 e. The average molecular weight is 290 g/mol. The molecule has 0 saturated carbocycles. The van der Waals surface area contributed by atoms with Crippen molar-refractivity contribution in [2.24, 2.45) is 5.92 Å². The van der Waals surface area contributed by atoms with Gasteiger partial charge in [0.05, 0.1) is 6.54 Å². The van der Waals surface area contributed by atoms with E-state index in [0.717, 1.165) is 24.5 Å². The number of nitrogens with one attached hydrogen (secondary N) is 3. The topological polar surface area (TPSA) is 92.0 Å². The van der Waals surface area contributed by atoms with E-state index in [1.807, 2.05) is 12.1 Å². The van der Waals surface area contributed by atoms with Crippen LogP contribution in [0.2, 0.25) is 0 Å². The summed E-state index contributed by atoms with van der Waals surface area (Å²) in [6.07, 6.45) is 0.945. The van der Waals surface area contributed by atoms with E-state index in [-0.39, 0.29) is 5.69 Å². The fourth-order valence-electron chi connectivity index (χ4n) is 2.37. The average Bonchev–Trinajstić information content (AvgIpc) is 3.07. The maximum absolute atomic E-state index is 10.9. The van der Waals surface area contributed by atoms with E-state index >= 15 is 0 Å². The molecule has 2 heterocycles. The summed E-state index contributed by atoms with van der Waals surface area (Å²) in [6.45, 7) is 3.86. The molecule has 0 amide bonds. The van der Waals surface area contributed by atoms with Crippen molar-refractivity contribution < 1.29 is 9.47 Å². The van der Waals surface area contributed by atoms with E-state index in [9.17, 15) is 4.79 Å². The molecule has 0 bridgehead atoms. The Morgan fingerprint density at radius 2 is 2.24 bits per heavy atom. The van der Waals surface area contributed by atoms with Crippen LogP contribution >= 0.6 is 0 Å². The summed E-state index contributed by atoms with van der Waals surface area (Å²) in [6, 6.07) is 6.05. The summed E-state index contributed by atoms with van der Waals surface area (Å²) in [5, 5.41) is 9.47. The minimum absolute atomic E-state index is 0.278. The predicted octanol–water partition coefficient (Wildman–Crippen LogP) is 0.795. The van der Waals surface area contributed by atoms with Crippen LogP contribution in [0.1, 0.15) is 18.3 Å². The lowest BCUT2D eigenvalue weighted by Gasteiger charge is -2.12. The number of hydrogen-bond acceptors (Lipinski definition) is 5. The van der Waals surface area contributed by atoms with Crippen molar-refractivity contribution >= 4 is 0 Å². The SMILES string of the molecule is CC(CNCc1n[nH]c(=O)[nH]1)Cc1ccc2c(c1)OCO2. The Morgan fingerprint density at radius 3 is 3.05 bits per heavy atom. The third-order valence-electron chi connectivity index (χ3n) is 3.36.